The van der Waals surface area contributed by atoms with Crippen LogP contribution in [-0.4, -0.2) is 10.8 Å². The summed E-state index contributed by atoms with van der Waals surface area (Å²) in [7, 11) is 0. The topological polar surface area (TPSA) is 51.3 Å². The van der Waals surface area contributed by atoms with E-state index in [4.69, 9.17) is 10.7 Å². The average molecular weight is 698 g/mol. The molecule has 1 aromatic heterocycles. The van der Waals surface area contributed by atoms with E-state index in [9.17, 15) is 0 Å². The molecule has 8 rings (SSSR count). The van der Waals surface area contributed by atoms with Crippen molar-refractivity contribution in [1.82, 2.24) is 4.98 Å². The molecule has 2 unspecified atom stereocenters. The first-order valence-electron chi connectivity index (χ1n) is 18.8. The van der Waals surface area contributed by atoms with Crippen LogP contribution in [0.2, 0.25) is 0 Å². The summed E-state index contributed by atoms with van der Waals surface area (Å²) in [4.78, 5) is 9.81. The number of nitrogens with two attached hydrogens (primary N) is 1. The fourth-order valence-electron chi connectivity index (χ4n) is 7.10. The Hall–Kier alpha value is -6.58. The van der Waals surface area contributed by atoms with Crippen molar-refractivity contribution in [1.29, 1.82) is 0 Å². The quantitative estimate of drug-likeness (QED) is 0.108. The lowest BCUT2D eigenvalue weighted by Crippen LogP contribution is -2.22. The van der Waals surface area contributed by atoms with Gasteiger partial charge in [0.2, 0.25) is 0 Å². The molecule has 8 aromatic rings. The number of allylic oxidation sites excluding steroid dienone is 1. The Kier molecular flexibility index (Phi) is 10.2. The number of hydrogen-bond donors (Lipinski definition) is 1. The van der Waals surface area contributed by atoms with Gasteiger partial charge in [0, 0.05) is 23.1 Å². The molecule has 262 valence electrons. The van der Waals surface area contributed by atoms with Gasteiger partial charge in [-0.25, -0.2) is 0 Å². The molecule has 0 bridgehead atoms. The van der Waals surface area contributed by atoms with Gasteiger partial charge < -0.3 is 5.73 Å². The summed E-state index contributed by atoms with van der Waals surface area (Å²) in [5.74, 6) is 0.799. The third-order valence-corrected chi connectivity index (χ3v) is 10.3. The Morgan fingerprint density at radius 2 is 1.30 bits per heavy atom. The SMILES string of the molecule is CC(CC/C=C/c1ccc2ccccc2c1)C(N)=NC(/C=C/c1ccc(-c2cnc3ccccc3c2)cc1)c1ccc(-c2cccc3ccccc23)cc1. The molecule has 0 fully saturated rings. The maximum Gasteiger partial charge on any atom is 0.0977 e. The van der Waals surface area contributed by atoms with Gasteiger partial charge in [-0.05, 0) is 86.0 Å². The summed E-state index contributed by atoms with van der Waals surface area (Å²) in [6, 6.07) is 57.7. The molecule has 0 radical (unpaired) electrons. The molecule has 7 aromatic carbocycles. The fraction of sp³-hybridized carbons (Fsp3) is 0.0980. The van der Waals surface area contributed by atoms with Crippen molar-refractivity contribution in [2.45, 2.75) is 25.8 Å². The molecule has 2 N–H and O–H groups in total. The molecule has 0 aliphatic heterocycles. The zero-order valence-electron chi connectivity index (χ0n) is 30.5. The molecule has 0 aliphatic rings. The second kappa shape index (κ2) is 16.0. The molecule has 2 atom stereocenters. The Morgan fingerprint density at radius 3 is 2.13 bits per heavy atom. The number of rotatable bonds is 11. The van der Waals surface area contributed by atoms with Gasteiger partial charge in [0.25, 0.3) is 0 Å². The maximum absolute atomic E-state index is 6.77. The summed E-state index contributed by atoms with van der Waals surface area (Å²) >= 11 is 0. The summed E-state index contributed by atoms with van der Waals surface area (Å²) < 4.78 is 0. The minimum atomic E-state index is -0.230. The second-order valence-corrected chi connectivity index (χ2v) is 14.0. The molecule has 3 nitrogen and oxygen atoms in total. The fourth-order valence-corrected chi connectivity index (χ4v) is 7.10. The lowest BCUT2D eigenvalue weighted by Gasteiger charge is -2.15. The number of amidine groups is 1. The lowest BCUT2D eigenvalue weighted by atomic mass is 9.96. The highest BCUT2D eigenvalue weighted by Crippen LogP contribution is 2.31. The molecule has 0 saturated heterocycles. The first-order valence-corrected chi connectivity index (χ1v) is 18.8. The van der Waals surface area contributed by atoms with E-state index in [1.165, 1.54) is 38.2 Å². The predicted octanol–water partition coefficient (Wildman–Crippen LogP) is 13.1. The Balaban J connectivity index is 1.02. The number of hydrogen-bond acceptors (Lipinski definition) is 2. The average Bonchev–Trinajstić information content (AvgIpc) is 3.23. The number of pyridine rings is 1. The van der Waals surface area contributed by atoms with E-state index >= 15 is 0 Å². The zero-order valence-corrected chi connectivity index (χ0v) is 30.5. The third-order valence-electron chi connectivity index (χ3n) is 10.3. The van der Waals surface area contributed by atoms with Gasteiger partial charge in [0.15, 0.2) is 0 Å². The molecule has 3 heteroatoms. The van der Waals surface area contributed by atoms with Crippen molar-refractivity contribution in [2.24, 2.45) is 16.6 Å². The van der Waals surface area contributed by atoms with Gasteiger partial charge in [-0.3, -0.25) is 9.98 Å². The number of benzene rings is 7. The maximum atomic E-state index is 6.77. The normalized spacial score (nSPS) is 13.3. The highest BCUT2D eigenvalue weighted by molar-refractivity contribution is 5.96. The molecule has 54 heavy (non-hydrogen) atoms. The minimum absolute atomic E-state index is 0.131. The standard InChI is InChI=1S/C51H43N3/c1-36(11-2-3-12-38-23-27-39-13-4-5-15-44(39)33-38)51(52)54-50(43-30-28-42(29-31-43)48-19-10-17-41-14-6-8-18-47(41)48)32-24-37-21-25-40(26-22-37)46-34-45-16-7-9-20-49(45)53-35-46/h3-10,12-36,50H,2,11H2,1H3,(H2,52,54)/b12-3+,32-24+. The van der Waals surface area contributed by atoms with Crippen LogP contribution in [0.1, 0.15) is 42.5 Å². The van der Waals surface area contributed by atoms with E-state index in [1.807, 2.05) is 18.3 Å². The summed E-state index contributed by atoms with van der Waals surface area (Å²) in [6.07, 6.45) is 12.6. The van der Waals surface area contributed by atoms with Gasteiger partial charge in [-0.1, -0.05) is 177 Å². The molecule has 0 aliphatic carbocycles. The molecule has 0 spiro atoms. The number of aliphatic imine (C=N–C) groups is 1. The van der Waals surface area contributed by atoms with Crippen LogP contribution < -0.4 is 5.73 Å². The first kappa shape index (κ1) is 34.5. The zero-order chi connectivity index (χ0) is 36.7. The summed E-state index contributed by atoms with van der Waals surface area (Å²) in [5.41, 5.74) is 15.8. The van der Waals surface area contributed by atoms with Crippen LogP contribution in [0.4, 0.5) is 0 Å². The van der Waals surface area contributed by atoms with E-state index in [1.54, 1.807) is 0 Å². The smallest absolute Gasteiger partial charge is 0.0977 e. The Bertz CT molecular complexity index is 2630. The lowest BCUT2D eigenvalue weighted by molar-refractivity contribution is 0.680. The molecule has 0 saturated carbocycles. The number of nitrogens with zero attached hydrogens (tertiary/aromatic N) is 2. The van der Waals surface area contributed by atoms with Crippen LogP contribution in [0.3, 0.4) is 0 Å². The van der Waals surface area contributed by atoms with Crippen LogP contribution in [0, 0.1) is 5.92 Å². The molecular weight excluding hydrogens is 655 g/mol. The van der Waals surface area contributed by atoms with Crippen LogP contribution in [-0.2, 0) is 0 Å². The van der Waals surface area contributed by atoms with Crippen molar-refractivity contribution < 1.29 is 0 Å². The highest BCUT2D eigenvalue weighted by Gasteiger charge is 2.13. The number of fused-ring (bicyclic) bond motifs is 3. The summed E-state index contributed by atoms with van der Waals surface area (Å²) in [6.45, 7) is 2.17. The molecule has 0 amide bonds. The minimum Gasteiger partial charge on any atom is -0.387 e. The van der Waals surface area contributed by atoms with E-state index in [2.05, 4.69) is 188 Å². The predicted molar refractivity (Wildman–Crippen MR) is 231 cm³/mol. The van der Waals surface area contributed by atoms with E-state index in [-0.39, 0.29) is 12.0 Å². The van der Waals surface area contributed by atoms with E-state index in [0.717, 1.165) is 46.0 Å². The Morgan fingerprint density at radius 1 is 0.611 bits per heavy atom. The van der Waals surface area contributed by atoms with Gasteiger partial charge >= 0.3 is 0 Å². The van der Waals surface area contributed by atoms with Crippen LogP contribution in [0.5, 0.6) is 0 Å². The van der Waals surface area contributed by atoms with Gasteiger partial charge in [0.05, 0.1) is 17.4 Å². The van der Waals surface area contributed by atoms with Crippen LogP contribution in [0.25, 0.3) is 66.9 Å². The largest absolute Gasteiger partial charge is 0.387 e. The number of para-hydroxylation sites is 1. The van der Waals surface area contributed by atoms with E-state index < -0.39 is 0 Å². The first-order chi connectivity index (χ1) is 26.6. The number of aromatic nitrogens is 1. The second-order valence-electron chi connectivity index (χ2n) is 14.0. The van der Waals surface area contributed by atoms with Gasteiger partial charge in [-0.15, -0.1) is 0 Å². The monoisotopic (exact) mass is 697 g/mol. The van der Waals surface area contributed by atoms with Gasteiger partial charge in [-0.2, -0.15) is 0 Å². The van der Waals surface area contributed by atoms with E-state index in [0.29, 0.717) is 5.84 Å². The van der Waals surface area contributed by atoms with Crippen LogP contribution >= 0.6 is 0 Å². The molecular formula is C51H43N3. The Labute approximate surface area is 317 Å². The van der Waals surface area contributed by atoms with Crippen molar-refractivity contribution in [3.05, 3.63) is 199 Å². The van der Waals surface area contributed by atoms with Crippen molar-refractivity contribution >= 4 is 50.4 Å². The van der Waals surface area contributed by atoms with Crippen LogP contribution in [0.15, 0.2) is 187 Å². The van der Waals surface area contributed by atoms with Crippen molar-refractivity contribution in [2.75, 3.05) is 0 Å². The van der Waals surface area contributed by atoms with Crippen molar-refractivity contribution in [3.8, 4) is 22.3 Å². The van der Waals surface area contributed by atoms with Gasteiger partial charge in [0.1, 0.15) is 0 Å². The highest BCUT2D eigenvalue weighted by atomic mass is 14.9. The van der Waals surface area contributed by atoms with Crippen molar-refractivity contribution in [3.63, 3.8) is 0 Å². The third kappa shape index (κ3) is 7.91. The summed E-state index contributed by atoms with van der Waals surface area (Å²) in [5, 5.41) is 6.14. The molecule has 1 heterocycles.